The Hall–Kier alpha value is -2.23. The Morgan fingerprint density at radius 2 is 1.81 bits per heavy atom. The van der Waals surface area contributed by atoms with Crippen LogP contribution in [0.4, 0.5) is 0 Å². The molecule has 0 saturated carbocycles. The summed E-state index contributed by atoms with van der Waals surface area (Å²) in [5.41, 5.74) is 0.501. The molecule has 0 fully saturated rings. The number of hydrogen-bond acceptors (Lipinski definition) is 3. The van der Waals surface area contributed by atoms with Crippen LogP contribution >= 0.6 is 0 Å². The maximum atomic E-state index is 11.2. The zero-order valence-electron chi connectivity index (χ0n) is 8.40. The van der Waals surface area contributed by atoms with Gasteiger partial charge in [-0.25, -0.2) is 0 Å². The maximum Gasteiger partial charge on any atom is 0.248 e. The summed E-state index contributed by atoms with van der Waals surface area (Å²) in [6, 6.07) is 10.5. The number of ether oxygens (including phenoxy) is 2. The lowest BCUT2D eigenvalue weighted by Crippen LogP contribution is -2.08. The molecule has 0 aliphatic carbocycles. The molecule has 2 heterocycles. The summed E-state index contributed by atoms with van der Waals surface area (Å²) in [7, 11) is 0. The van der Waals surface area contributed by atoms with Crippen LogP contribution in [0.1, 0.15) is 5.69 Å². The van der Waals surface area contributed by atoms with Crippen LogP contribution in [-0.2, 0) is 6.61 Å². The molecule has 0 amide bonds. The number of aromatic nitrogens is 1. The molecule has 0 spiro atoms. The van der Waals surface area contributed by atoms with Crippen molar-refractivity contribution in [2.75, 3.05) is 0 Å². The van der Waals surface area contributed by atoms with E-state index >= 15 is 0 Å². The number of H-pyrrole nitrogens is 1. The van der Waals surface area contributed by atoms with E-state index in [9.17, 15) is 4.79 Å². The molecule has 1 aromatic heterocycles. The number of nitrogens with one attached hydrogen (secondary N) is 1. The Labute approximate surface area is 91.5 Å². The average molecular weight is 215 g/mol. The molecule has 3 rings (SSSR count). The minimum absolute atomic E-state index is 0.156. The van der Waals surface area contributed by atoms with Gasteiger partial charge in [-0.05, 0) is 18.2 Å². The average Bonchev–Trinajstić information content (AvgIpc) is 2.48. The predicted molar refractivity (Wildman–Crippen MR) is 57.9 cm³/mol. The molecule has 1 aliphatic rings. The first-order valence-electron chi connectivity index (χ1n) is 4.95. The highest BCUT2D eigenvalue weighted by molar-refractivity contribution is 5.45. The second-order valence-corrected chi connectivity index (χ2v) is 3.50. The Balaban J connectivity index is 2.12. The van der Waals surface area contributed by atoms with Gasteiger partial charge in [0.25, 0.3) is 0 Å². The molecule has 0 atom stereocenters. The highest BCUT2D eigenvalue weighted by atomic mass is 16.5. The summed E-state index contributed by atoms with van der Waals surface area (Å²) in [4.78, 5) is 13.9. The highest BCUT2D eigenvalue weighted by Gasteiger charge is 2.15. The van der Waals surface area contributed by atoms with Crippen molar-refractivity contribution >= 4 is 0 Å². The molecular weight excluding hydrogens is 206 g/mol. The number of para-hydroxylation sites is 2. The molecule has 16 heavy (non-hydrogen) atoms. The van der Waals surface area contributed by atoms with Gasteiger partial charge in [0.15, 0.2) is 17.2 Å². The van der Waals surface area contributed by atoms with Crippen LogP contribution in [0.25, 0.3) is 0 Å². The van der Waals surface area contributed by atoms with Crippen molar-refractivity contribution in [2.24, 2.45) is 0 Å². The third kappa shape index (κ3) is 1.44. The quantitative estimate of drug-likeness (QED) is 0.731. The van der Waals surface area contributed by atoms with E-state index in [1.54, 1.807) is 6.07 Å². The number of rotatable bonds is 0. The largest absolute Gasteiger partial charge is 0.483 e. The Morgan fingerprint density at radius 3 is 2.69 bits per heavy atom. The van der Waals surface area contributed by atoms with Gasteiger partial charge in [0.05, 0.1) is 5.69 Å². The normalized spacial score (nSPS) is 12.8. The fourth-order valence-corrected chi connectivity index (χ4v) is 1.63. The van der Waals surface area contributed by atoms with Crippen molar-refractivity contribution in [2.45, 2.75) is 6.61 Å². The standard InChI is InChI=1S/C12H9NO3/c14-12-6-5-9-8(13-12)7-15-10-3-1-2-4-11(10)16-9/h1-6H,7H2,(H,13,14). The SMILES string of the molecule is O=c1ccc2c([nH]1)COc1ccccc1O2. The molecule has 1 N–H and O–H groups in total. The third-order valence-corrected chi connectivity index (χ3v) is 2.40. The minimum atomic E-state index is -0.156. The number of pyridine rings is 1. The first kappa shape index (κ1) is 9.03. The first-order chi connectivity index (χ1) is 7.83. The second-order valence-electron chi connectivity index (χ2n) is 3.50. The lowest BCUT2D eigenvalue weighted by atomic mass is 10.3. The van der Waals surface area contributed by atoms with Crippen molar-refractivity contribution in [1.29, 1.82) is 0 Å². The fraction of sp³-hybridized carbons (Fsp3) is 0.0833. The van der Waals surface area contributed by atoms with Crippen LogP contribution in [0.3, 0.4) is 0 Å². The molecule has 0 bridgehead atoms. The van der Waals surface area contributed by atoms with Gasteiger partial charge in [-0.2, -0.15) is 0 Å². The van der Waals surface area contributed by atoms with E-state index in [0.29, 0.717) is 29.5 Å². The molecule has 4 heteroatoms. The van der Waals surface area contributed by atoms with Crippen LogP contribution in [0.5, 0.6) is 17.2 Å². The van der Waals surface area contributed by atoms with E-state index in [1.807, 2.05) is 24.3 Å². The van der Waals surface area contributed by atoms with Gasteiger partial charge in [-0.15, -0.1) is 0 Å². The van der Waals surface area contributed by atoms with Gasteiger partial charge < -0.3 is 14.5 Å². The molecular formula is C12H9NO3. The summed E-state index contributed by atoms with van der Waals surface area (Å²) >= 11 is 0. The highest BCUT2D eigenvalue weighted by Crippen LogP contribution is 2.35. The number of aromatic amines is 1. The molecule has 1 aliphatic heterocycles. The zero-order chi connectivity index (χ0) is 11.0. The molecule has 2 aromatic rings. The van der Waals surface area contributed by atoms with E-state index in [-0.39, 0.29) is 5.56 Å². The van der Waals surface area contributed by atoms with Crippen molar-refractivity contribution < 1.29 is 9.47 Å². The molecule has 0 radical (unpaired) electrons. The smallest absolute Gasteiger partial charge is 0.248 e. The molecule has 80 valence electrons. The predicted octanol–water partition coefficient (Wildman–Crippen LogP) is 2.06. The topological polar surface area (TPSA) is 51.3 Å². The summed E-state index contributed by atoms with van der Waals surface area (Å²) in [6.07, 6.45) is 0. The van der Waals surface area contributed by atoms with Gasteiger partial charge >= 0.3 is 0 Å². The molecule has 0 unspecified atom stereocenters. The van der Waals surface area contributed by atoms with E-state index in [1.165, 1.54) is 6.07 Å². The minimum Gasteiger partial charge on any atom is -0.483 e. The Bertz CT molecular complexity index is 589. The molecule has 4 nitrogen and oxygen atoms in total. The van der Waals surface area contributed by atoms with E-state index in [2.05, 4.69) is 4.98 Å². The van der Waals surface area contributed by atoms with E-state index in [4.69, 9.17) is 9.47 Å². The maximum absolute atomic E-state index is 11.2. The molecule has 0 saturated heterocycles. The van der Waals surface area contributed by atoms with Gasteiger partial charge in [0.2, 0.25) is 5.56 Å². The summed E-state index contributed by atoms with van der Waals surface area (Å²) < 4.78 is 11.2. The Morgan fingerprint density at radius 1 is 1.00 bits per heavy atom. The molecule has 1 aromatic carbocycles. The number of hydrogen-bond donors (Lipinski definition) is 1. The van der Waals surface area contributed by atoms with Crippen LogP contribution in [0.2, 0.25) is 0 Å². The summed E-state index contributed by atoms with van der Waals surface area (Å²) in [5, 5.41) is 0. The van der Waals surface area contributed by atoms with Crippen molar-refractivity contribution in [1.82, 2.24) is 4.98 Å². The van der Waals surface area contributed by atoms with Crippen molar-refractivity contribution in [3.05, 3.63) is 52.4 Å². The first-order valence-corrected chi connectivity index (χ1v) is 4.95. The zero-order valence-corrected chi connectivity index (χ0v) is 8.40. The fourth-order valence-electron chi connectivity index (χ4n) is 1.63. The lowest BCUT2D eigenvalue weighted by molar-refractivity contribution is 0.302. The van der Waals surface area contributed by atoms with Gasteiger partial charge in [-0.1, -0.05) is 12.1 Å². The number of benzene rings is 1. The van der Waals surface area contributed by atoms with Crippen LogP contribution in [-0.4, -0.2) is 4.98 Å². The monoisotopic (exact) mass is 215 g/mol. The van der Waals surface area contributed by atoms with E-state index < -0.39 is 0 Å². The van der Waals surface area contributed by atoms with Crippen molar-refractivity contribution in [3.8, 4) is 17.2 Å². The van der Waals surface area contributed by atoms with Crippen LogP contribution < -0.4 is 15.0 Å². The third-order valence-electron chi connectivity index (χ3n) is 2.40. The van der Waals surface area contributed by atoms with Gasteiger partial charge in [0.1, 0.15) is 6.61 Å². The lowest BCUT2D eigenvalue weighted by Gasteiger charge is -2.05. The summed E-state index contributed by atoms with van der Waals surface area (Å²) in [6.45, 7) is 0.308. The number of fused-ring (bicyclic) bond motifs is 2. The van der Waals surface area contributed by atoms with Gasteiger partial charge in [-0.3, -0.25) is 4.79 Å². The van der Waals surface area contributed by atoms with E-state index in [0.717, 1.165) is 0 Å². The summed E-state index contributed by atoms with van der Waals surface area (Å²) in [5.74, 6) is 1.97. The van der Waals surface area contributed by atoms with Gasteiger partial charge in [0, 0.05) is 6.07 Å². The Kier molecular flexibility index (Phi) is 1.93. The van der Waals surface area contributed by atoms with Crippen molar-refractivity contribution in [3.63, 3.8) is 0 Å². The van der Waals surface area contributed by atoms with Crippen LogP contribution in [0, 0.1) is 0 Å². The second kappa shape index (κ2) is 3.41. The van der Waals surface area contributed by atoms with Crippen LogP contribution in [0.15, 0.2) is 41.2 Å².